The van der Waals surface area contributed by atoms with E-state index in [0.717, 1.165) is 12.1 Å². The Balaban J connectivity index is 0.000000362. The minimum atomic E-state index is -1.55. The van der Waals surface area contributed by atoms with Crippen LogP contribution in [-0.4, -0.2) is 87.4 Å². The first-order valence-electron chi connectivity index (χ1n) is 9.06. The first-order chi connectivity index (χ1) is 11.9. The fraction of sp³-hybridized carbons (Fsp3) is 0.778. The van der Waals surface area contributed by atoms with Crippen LogP contribution in [0.15, 0.2) is 12.2 Å². The fourth-order valence-corrected chi connectivity index (χ4v) is 3.16. The van der Waals surface area contributed by atoms with Gasteiger partial charge in [0.2, 0.25) is 0 Å². The van der Waals surface area contributed by atoms with E-state index in [-0.39, 0.29) is 0 Å². The van der Waals surface area contributed by atoms with E-state index in [1.165, 1.54) is 13.1 Å². The lowest BCUT2D eigenvalue weighted by atomic mass is 10.3. The van der Waals surface area contributed by atoms with E-state index >= 15 is 0 Å². The monoisotopic (exact) mass is 372 g/mol. The Bertz CT molecular complexity index is 420. The van der Waals surface area contributed by atoms with E-state index in [1.807, 2.05) is 0 Å². The lowest BCUT2D eigenvalue weighted by Gasteiger charge is -2.17. The molecule has 8 heteroatoms. The second-order valence-electron chi connectivity index (χ2n) is 7.45. The van der Waals surface area contributed by atoms with Gasteiger partial charge < -0.3 is 29.6 Å². The smallest absolute Gasteiger partial charge is 0.140 e. The van der Waals surface area contributed by atoms with Gasteiger partial charge in [0.05, 0.1) is 51.2 Å². The predicted octanol–water partition coefficient (Wildman–Crippen LogP) is -4.60. The molecule has 8 nitrogen and oxygen atoms in total. The van der Waals surface area contributed by atoms with Crippen LogP contribution in [0, 0.1) is 0 Å². The predicted molar refractivity (Wildman–Crippen MR) is 96.0 cm³/mol. The summed E-state index contributed by atoms with van der Waals surface area (Å²) in [5.41, 5.74) is 0. The van der Waals surface area contributed by atoms with Gasteiger partial charge in [-0.15, -0.1) is 0 Å². The summed E-state index contributed by atoms with van der Waals surface area (Å²) in [7, 11) is 8.91. The van der Waals surface area contributed by atoms with Crippen molar-refractivity contribution in [2.24, 2.45) is 0 Å². The third-order valence-electron chi connectivity index (χ3n) is 5.63. The molecule has 0 bridgehead atoms. The number of nitrogens with zero attached hydrogens (tertiary/aromatic N) is 2. The summed E-state index contributed by atoms with van der Waals surface area (Å²) < 4.78 is 0. The maximum atomic E-state index is 9.41. The topological polar surface area (TPSA) is 95.6 Å². The molecule has 2 fully saturated rings. The van der Waals surface area contributed by atoms with Crippen LogP contribution in [0.2, 0.25) is 0 Å². The Morgan fingerprint density at radius 3 is 1.15 bits per heavy atom. The van der Waals surface area contributed by atoms with Gasteiger partial charge in [-0.1, -0.05) is 0 Å². The second kappa shape index (κ2) is 11.3. The van der Waals surface area contributed by atoms with Gasteiger partial charge in [0.15, 0.2) is 0 Å². The van der Waals surface area contributed by atoms with Gasteiger partial charge >= 0.3 is 0 Å². The van der Waals surface area contributed by atoms with E-state index in [4.69, 9.17) is 0 Å². The number of carbonyl (C=O) groups is 2. The molecule has 0 aliphatic carbocycles. The summed E-state index contributed by atoms with van der Waals surface area (Å²) in [6, 6.07) is 1.53. The fourth-order valence-electron chi connectivity index (χ4n) is 3.16. The minimum absolute atomic E-state index is 0.384. The van der Waals surface area contributed by atoms with E-state index in [0.29, 0.717) is 24.5 Å². The molecular weight excluding hydrogens is 336 g/mol. The first-order valence-corrected chi connectivity index (χ1v) is 9.06. The molecule has 6 unspecified atom stereocenters. The Morgan fingerprint density at radius 1 is 0.808 bits per heavy atom. The molecule has 2 saturated heterocycles. The van der Waals surface area contributed by atoms with Gasteiger partial charge in [0.1, 0.15) is 12.3 Å². The van der Waals surface area contributed by atoms with Gasteiger partial charge in [-0.2, -0.15) is 0 Å². The summed E-state index contributed by atoms with van der Waals surface area (Å²) in [5.74, 6) is -3.09. The Kier molecular flexibility index (Phi) is 10.6. The zero-order valence-electron chi connectivity index (χ0n) is 17.4. The number of aliphatic carboxylic acids is 2. The van der Waals surface area contributed by atoms with Crippen LogP contribution in [0.25, 0.3) is 0 Å². The van der Waals surface area contributed by atoms with Gasteiger partial charge in [-0.25, -0.2) is 9.80 Å². The van der Waals surface area contributed by atoms with Gasteiger partial charge in [-0.3, -0.25) is 0 Å². The standard InChI is InChI=1S/2C7H16N2.C4H4O4/c2*1-6-5-8(3)7(2)9(6)4;5-3(6)1-2-4(7)8/h2*6-7H,5H2,1-4H3;1-2H,(H,5,6)(H,7,8)/b;;2-1-. The van der Waals surface area contributed by atoms with E-state index in [9.17, 15) is 19.8 Å². The average molecular weight is 373 g/mol. The Hall–Kier alpha value is -1.48. The normalized spacial score (nSPS) is 34.8. The van der Waals surface area contributed by atoms with Crippen molar-refractivity contribution in [3.05, 3.63) is 12.2 Å². The third kappa shape index (κ3) is 8.27. The van der Waals surface area contributed by atoms with Crippen LogP contribution in [0.1, 0.15) is 27.7 Å². The molecular formula is C18H36N4O4. The number of likely N-dealkylation sites (N-methyl/N-ethyl adjacent to an activating group) is 4. The lowest BCUT2D eigenvalue weighted by Crippen LogP contribution is -3.11. The second-order valence-corrected chi connectivity index (χ2v) is 7.45. The third-order valence-corrected chi connectivity index (χ3v) is 5.63. The lowest BCUT2D eigenvalue weighted by molar-refractivity contribution is -0.896. The number of carboxylic acid groups (broad SMARTS) is 2. The number of quaternary nitrogens is 2. The largest absolute Gasteiger partial charge is 0.545 e. The van der Waals surface area contributed by atoms with Crippen molar-refractivity contribution in [2.45, 2.75) is 52.1 Å². The van der Waals surface area contributed by atoms with Crippen LogP contribution >= 0.6 is 0 Å². The van der Waals surface area contributed by atoms with Crippen LogP contribution in [0.4, 0.5) is 0 Å². The number of nitrogens with one attached hydrogen (secondary N) is 2. The van der Waals surface area contributed by atoms with Crippen molar-refractivity contribution < 1.29 is 29.6 Å². The summed E-state index contributed by atoms with van der Waals surface area (Å²) in [6.07, 6.45) is 2.19. The molecule has 2 rings (SSSR count). The molecule has 2 heterocycles. The average Bonchev–Trinajstić information content (AvgIpc) is 2.91. The molecule has 26 heavy (non-hydrogen) atoms. The maximum absolute atomic E-state index is 9.41. The zero-order valence-corrected chi connectivity index (χ0v) is 17.4. The molecule has 0 spiro atoms. The highest BCUT2D eigenvalue weighted by Crippen LogP contribution is 2.01. The molecule has 0 aromatic carbocycles. The van der Waals surface area contributed by atoms with Gasteiger partial charge in [0.25, 0.3) is 0 Å². The van der Waals surface area contributed by atoms with E-state index < -0.39 is 11.9 Å². The van der Waals surface area contributed by atoms with Gasteiger partial charge in [-0.05, 0) is 40.1 Å². The highest BCUT2D eigenvalue weighted by molar-refractivity contribution is 5.87. The molecule has 0 saturated carbocycles. The SMILES string of the molecule is CC1C[NH+](C)C(C)N1C.CC1C[NH+](C)C(C)N1C.O=C([O-])/C=C\C(=O)[O-]. The molecule has 0 aromatic heterocycles. The van der Waals surface area contributed by atoms with Gasteiger partial charge in [0, 0.05) is 13.8 Å². The summed E-state index contributed by atoms with van der Waals surface area (Å²) >= 11 is 0. The van der Waals surface area contributed by atoms with Crippen molar-refractivity contribution in [3.63, 3.8) is 0 Å². The molecule has 0 aromatic rings. The molecule has 0 amide bonds. The molecule has 0 radical (unpaired) electrons. The zero-order chi connectivity index (χ0) is 20.6. The highest BCUT2D eigenvalue weighted by Gasteiger charge is 2.32. The van der Waals surface area contributed by atoms with Crippen LogP contribution in [0.3, 0.4) is 0 Å². The molecule has 152 valence electrons. The summed E-state index contributed by atoms with van der Waals surface area (Å²) in [5, 5.41) is 18.8. The molecule has 6 atom stereocenters. The number of carboxylic acids is 2. The first kappa shape index (κ1) is 24.5. The Labute approximate surface area is 157 Å². The maximum Gasteiger partial charge on any atom is 0.140 e. The van der Waals surface area contributed by atoms with Crippen LogP contribution in [-0.2, 0) is 9.59 Å². The van der Waals surface area contributed by atoms with Crippen LogP contribution < -0.4 is 20.0 Å². The Morgan fingerprint density at radius 2 is 1.08 bits per heavy atom. The molecule has 2 N–H and O–H groups in total. The molecule has 2 aliphatic heterocycles. The number of rotatable bonds is 2. The van der Waals surface area contributed by atoms with E-state index in [2.05, 4.69) is 65.7 Å². The van der Waals surface area contributed by atoms with E-state index in [1.54, 1.807) is 9.80 Å². The van der Waals surface area contributed by atoms with Crippen molar-refractivity contribution >= 4 is 11.9 Å². The number of hydrogen-bond acceptors (Lipinski definition) is 6. The minimum Gasteiger partial charge on any atom is -0.545 e. The summed E-state index contributed by atoms with van der Waals surface area (Å²) in [4.78, 5) is 26.9. The quantitative estimate of drug-likeness (QED) is 0.474. The number of hydrogen-bond donors (Lipinski definition) is 2. The van der Waals surface area contributed by atoms with Crippen molar-refractivity contribution in [1.82, 2.24) is 9.80 Å². The highest BCUT2D eigenvalue weighted by atomic mass is 16.4. The molecule has 2 aliphatic rings. The van der Waals surface area contributed by atoms with Crippen molar-refractivity contribution in [3.8, 4) is 0 Å². The summed E-state index contributed by atoms with van der Waals surface area (Å²) in [6.45, 7) is 11.7. The van der Waals surface area contributed by atoms with Crippen LogP contribution in [0.5, 0.6) is 0 Å². The number of carbonyl (C=O) groups excluding carboxylic acids is 2. The van der Waals surface area contributed by atoms with Crippen molar-refractivity contribution in [1.29, 1.82) is 0 Å². The van der Waals surface area contributed by atoms with Crippen molar-refractivity contribution in [2.75, 3.05) is 41.3 Å².